The van der Waals surface area contributed by atoms with Crippen LogP contribution in [0.25, 0.3) is 0 Å². The Morgan fingerprint density at radius 3 is 2.61 bits per heavy atom. The molecule has 0 aliphatic carbocycles. The minimum atomic E-state index is -3.17. The lowest BCUT2D eigenvalue weighted by atomic mass is 10.3. The quantitative estimate of drug-likeness (QED) is 0.476. The number of thioether (sulfide) groups is 1. The summed E-state index contributed by atoms with van der Waals surface area (Å²) in [5.41, 5.74) is 0.366. The zero-order valence-electron chi connectivity index (χ0n) is 9.88. The van der Waals surface area contributed by atoms with Gasteiger partial charge in [0.25, 0.3) is 0 Å². The Morgan fingerprint density at radius 1 is 1.44 bits per heavy atom. The normalized spacial score (nSPS) is 11.3. The van der Waals surface area contributed by atoms with Crippen LogP contribution >= 0.6 is 19.4 Å². The number of anilines is 1. The summed E-state index contributed by atoms with van der Waals surface area (Å²) in [7, 11) is -0.614. The molecule has 1 amide bonds. The van der Waals surface area contributed by atoms with Crippen LogP contribution in [0.15, 0.2) is 23.1 Å². The maximum absolute atomic E-state index is 13.6. The molecular weight excluding hydrogens is 280 g/mol. The van der Waals surface area contributed by atoms with E-state index in [0.717, 1.165) is 11.8 Å². The van der Waals surface area contributed by atoms with Gasteiger partial charge < -0.3 is 14.4 Å². The predicted molar refractivity (Wildman–Crippen MR) is 68.4 cm³/mol. The molecule has 1 aromatic carbocycles. The molecule has 1 rings (SSSR count). The van der Waals surface area contributed by atoms with E-state index in [1.54, 1.807) is 6.07 Å². The van der Waals surface area contributed by atoms with E-state index >= 15 is 0 Å². The Labute approximate surface area is 109 Å². The van der Waals surface area contributed by atoms with Crippen LogP contribution in [0.3, 0.4) is 0 Å². The standard InChI is InChI=1S/C10H13FNO4PS/c1-15-17(14,16-2)7-18-10-4-3-8(12-6-13)5-9(10)11/h3-6H,7H2,1-2H3,(H,12,13). The van der Waals surface area contributed by atoms with Crippen LogP contribution in [0.2, 0.25) is 0 Å². The number of carbonyl (C=O) groups is 1. The molecule has 0 bridgehead atoms. The molecule has 0 radical (unpaired) electrons. The number of rotatable bonds is 7. The van der Waals surface area contributed by atoms with Crippen LogP contribution in [-0.2, 0) is 18.4 Å². The average molecular weight is 293 g/mol. The van der Waals surface area contributed by atoms with E-state index in [4.69, 9.17) is 9.05 Å². The first kappa shape index (κ1) is 15.2. The molecule has 0 heterocycles. The SMILES string of the molecule is COP(=O)(CSc1ccc(NC=O)cc1F)OC. The third-order valence-electron chi connectivity index (χ3n) is 2.09. The lowest BCUT2D eigenvalue weighted by molar-refractivity contribution is -0.105. The van der Waals surface area contributed by atoms with Crippen molar-refractivity contribution in [3.8, 4) is 0 Å². The van der Waals surface area contributed by atoms with Crippen molar-refractivity contribution in [1.82, 2.24) is 0 Å². The number of halogens is 1. The van der Waals surface area contributed by atoms with Gasteiger partial charge in [0.1, 0.15) is 11.3 Å². The zero-order valence-corrected chi connectivity index (χ0v) is 11.6. The van der Waals surface area contributed by atoms with Gasteiger partial charge in [-0.2, -0.15) is 0 Å². The first-order chi connectivity index (χ1) is 8.54. The predicted octanol–water partition coefficient (Wildman–Crippen LogP) is 2.93. The summed E-state index contributed by atoms with van der Waals surface area (Å²) in [5, 5.41) is 2.34. The summed E-state index contributed by atoms with van der Waals surface area (Å²) in [6.07, 6.45) is 0.464. The number of benzene rings is 1. The fraction of sp³-hybridized carbons (Fsp3) is 0.300. The van der Waals surface area contributed by atoms with E-state index in [-0.39, 0.29) is 5.49 Å². The zero-order chi connectivity index (χ0) is 13.6. The molecule has 1 aromatic rings. The van der Waals surface area contributed by atoms with E-state index in [2.05, 4.69) is 5.32 Å². The van der Waals surface area contributed by atoms with Gasteiger partial charge >= 0.3 is 7.60 Å². The van der Waals surface area contributed by atoms with Gasteiger partial charge in [0.05, 0.1) is 0 Å². The molecule has 0 saturated carbocycles. The summed E-state index contributed by atoms with van der Waals surface area (Å²) in [4.78, 5) is 10.5. The highest BCUT2D eigenvalue weighted by atomic mass is 32.2. The maximum atomic E-state index is 13.6. The highest BCUT2D eigenvalue weighted by Gasteiger charge is 2.22. The minimum Gasteiger partial charge on any atom is -0.329 e. The summed E-state index contributed by atoms with van der Waals surface area (Å²) in [5.74, 6) is -0.509. The molecule has 8 heteroatoms. The second-order valence-corrected chi connectivity index (χ2v) is 6.87. The Bertz CT molecular complexity index is 463. The molecule has 0 atom stereocenters. The lowest BCUT2D eigenvalue weighted by Gasteiger charge is -2.13. The Balaban J connectivity index is 2.74. The number of hydrogen-bond donors (Lipinski definition) is 1. The van der Waals surface area contributed by atoms with Crippen LogP contribution in [0.5, 0.6) is 0 Å². The van der Waals surface area contributed by atoms with E-state index in [9.17, 15) is 13.8 Å². The van der Waals surface area contributed by atoms with Gasteiger partial charge in [0.2, 0.25) is 6.41 Å². The average Bonchev–Trinajstić information content (AvgIpc) is 2.38. The van der Waals surface area contributed by atoms with Gasteiger partial charge in [-0.05, 0) is 18.2 Å². The maximum Gasteiger partial charge on any atom is 0.340 e. The van der Waals surface area contributed by atoms with Gasteiger partial charge in [0, 0.05) is 24.8 Å². The second kappa shape index (κ2) is 6.89. The topological polar surface area (TPSA) is 64.6 Å². The molecule has 0 unspecified atom stereocenters. The van der Waals surface area contributed by atoms with Crippen molar-refractivity contribution in [3.05, 3.63) is 24.0 Å². The number of amides is 1. The summed E-state index contributed by atoms with van der Waals surface area (Å²) < 4.78 is 34.9. The molecule has 0 fully saturated rings. The van der Waals surface area contributed by atoms with Gasteiger partial charge in [0.15, 0.2) is 0 Å². The molecule has 1 N–H and O–H groups in total. The molecule has 5 nitrogen and oxygen atoms in total. The Hall–Kier alpha value is -0.880. The van der Waals surface area contributed by atoms with Gasteiger partial charge in [-0.1, -0.05) is 0 Å². The van der Waals surface area contributed by atoms with Crippen molar-refractivity contribution in [2.75, 3.05) is 25.0 Å². The van der Waals surface area contributed by atoms with E-state index in [1.165, 1.54) is 26.4 Å². The monoisotopic (exact) mass is 293 g/mol. The molecular formula is C10H13FNO4PS. The summed E-state index contributed by atoms with van der Waals surface area (Å²) in [6.45, 7) is 0. The van der Waals surface area contributed by atoms with Crippen LogP contribution < -0.4 is 5.32 Å². The first-order valence-corrected chi connectivity index (χ1v) is 7.59. The van der Waals surface area contributed by atoms with Crippen LogP contribution in [0, 0.1) is 5.82 Å². The van der Waals surface area contributed by atoms with Gasteiger partial charge in [-0.3, -0.25) is 9.36 Å². The fourth-order valence-corrected chi connectivity index (χ4v) is 3.65. The van der Waals surface area contributed by atoms with E-state index in [1.807, 2.05) is 0 Å². The Kier molecular flexibility index (Phi) is 5.81. The number of carbonyl (C=O) groups excluding carboxylic acids is 1. The van der Waals surface area contributed by atoms with Crippen LogP contribution in [-0.4, -0.2) is 26.1 Å². The number of nitrogens with one attached hydrogen (secondary N) is 1. The highest BCUT2D eigenvalue weighted by molar-refractivity contribution is 8.04. The van der Waals surface area contributed by atoms with E-state index in [0.29, 0.717) is 17.0 Å². The molecule has 18 heavy (non-hydrogen) atoms. The fourth-order valence-electron chi connectivity index (χ4n) is 1.10. The molecule has 0 spiro atoms. The van der Waals surface area contributed by atoms with Crippen molar-refractivity contribution < 1.29 is 22.8 Å². The summed E-state index contributed by atoms with van der Waals surface area (Å²) >= 11 is 1.03. The third-order valence-corrected chi connectivity index (χ3v) is 5.63. The molecule has 0 aromatic heterocycles. The van der Waals surface area contributed by atoms with Crippen LogP contribution in [0.1, 0.15) is 0 Å². The van der Waals surface area contributed by atoms with Crippen molar-refractivity contribution in [3.63, 3.8) is 0 Å². The summed E-state index contributed by atoms with van der Waals surface area (Å²) in [6, 6.07) is 4.22. The Morgan fingerprint density at radius 2 is 2.11 bits per heavy atom. The number of hydrogen-bond acceptors (Lipinski definition) is 5. The molecule has 100 valence electrons. The van der Waals surface area contributed by atoms with Crippen molar-refractivity contribution in [1.29, 1.82) is 0 Å². The second-order valence-electron chi connectivity index (χ2n) is 3.16. The highest BCUT2D eigenvalue weighted by Crippen LogP contribution is 2.50. The smallest absolute Gasteiger partial charge is 0.329 e. The van der Waals surface area contributed by atoms with Crippen molar-refractivity contribution in [2.45, 2.75) is 4.90 Å². The molecule has 0 saturated heterocycles. The largest absolute Gasteiger partial charge is 0.340 e. The molecule has 0 aliphatic heterocycles. The lowest BCUT2D eigenvalue weighted by Crippen LogP contribution is -1.95. The van der Waals surface area contributed by atoms with Gasteiger partial charge in [-0.15, -0.1) is 11.8 Å². The molecule has 0 aliphatic rings. The van der Waals surface area contributed by atoms with Gasteiger partial charge in [-0.25, -0.2) is 4.39 Å². The van der Waals surface area contributed by atoms with Crippen molar-refractivity contribution in [2.24, 2.45) is 0 Å². The minimum absolute atomic E-state index is 0.0113. The van der Waals surface area contributed by atoms with Crippen molar-refractivity contribution >= 4 is 31.5 Å². The van der Waals surface area contributed by atoms with Crippen LogP contribution in [0.4, 0.5) is 10.1 Å². The van der Waals surface area contributed by atoms with E-state index < -0.39 is 13.4 Å². The first-order valence-electron chi connectivity index (χ1n) is 4.87. The third kappa shape index (κ3) is 4.10.